The lowest BCUT2D eigenvalue weighted by Crippen LogP contribution is -2.50. The molecule has 0 saturated heterocycles. The molecule has 1 heterocycles. The standard InChI is InChI=1S/C20H20ClNO5/c1-26-18(24)15(19(25)27-2)17(23)20(9-3-10-20)16-14(8-11-22-16)12-4-6-13(21)7-5-12/h4-8,11,15,22H,3,9-10H2,1-2H3. The van der Waals surface area contributed by atoms with Crippen molar-refractivity contribution in [1.82, 2.24) is 4.98 Å². The van der Waals surface area contributed by atoms with Crippen LogP contribution in [0.2, 0.25) is 5.02 Å². The SMILES string of the molecule is COC(=O)C(C(=O)OC)C(=O)C1(c2[nH]ccc2-c2ccc(Cl)cc2)CCC1. The summed E-state index contributed by atoms with van der Waals surface area (Å²) in [6.45, 7) is 0. The van der Waals surface area contributed by atoms with E-state index in [0.29, 0.717) is 23.6 Å². The van der Waals surface area contributed by atoms with Crippen LogP contribution in [0.5, 0.6) is 0 Å². The van der Waals surface area contributed by atoms with Crippen LogP contribution < -0.4 is 0 Å². The van der Waals surface area contributed by atoms with E-state index in [1.54, 1.807) is 18.3 Å². The van der Waals surface area contributed by atoms with Crippen LogP contribution >= 0.6 is 11.6 Å². The third-order valence-electron chi connectivity index (χ3n) is 5.20. The first-order chi connectivity index (χ1) is 12.9. The van der Waals surface area contributed by atoms with Gasteiger partial charge in [0.15, 0.2) is 5.78 Å². The molecule has 1 saturated carbocycles. The predicted molar refractivity (Wildman–Crippen MR) is 99.3 cm³/mol. The van der Waals surface area contributed by atoms with Crippen molar-refractivity contribution >= 4 is 29.3 Å². The molecule has 1 aliphatic carbocycles. The van der Waals surface area contributed by atoms with E-state index in [1.807, 2.05) is 18.2 Å². The number of hydrogen-bond donors (Lipinski definition) is 1. The molecule has 6 nitrogen and oxygen atoms in total. The molecule has 0 amide bonds. The third-order valence-corrected chi connectivity index (χ3v) is 5.45. The molecule has 2 aromatic rings. The van der Waals surface area contributed by atoms with Crippen LogP contribution in [0.1, 0.15) is 25.0 Å². The van der Waals surface area contributed by atoms with Gasteiger partial charge in [0.05, 0.1) is 19.6 Å². The number of aromatic nitrogens is 1. The van der Waals surface area contributed by atoms with Crippen molar-refractivity contribution in [2.45, 2.75) is 24.7 Å². The number of Topliss-reactive ketones (excluding diaryl/α,β-unsaturated/α-hetero) is 1. The Morgan fingerprint density at radius 3 is 2.11 bits per heavy atom. The molecule has 0 spiro atoms. The number of halogens is 1. The molecule has 7 heteroatoms. The molecule has 1 fully saturated rings. The number of ether oxygens (including phenoxy) is 2. The molecule has 0 bridgehead atoms. The fourth-order valence-corrected chi connectivity index (χ4v) is 3.73. The van der Waals surface area contributed by atoms with Crippen molar-refractivity contribution in [3.05, 3.63) is 47.2 Å². The summed E-state index contributed by atoms with van der Waals surface area (Å²) in [6, 6.07) is 9.15. The number of aromatic amines is 1. The van der Waals surface area contributed by atoms with Crippen molar-refractivity contribution < 1.29 is 23.9 Å². The highest BCUT2D eigenvalue weighted by Crippen LogP contribution is 2.48. The van der Waals surface area contributed by atoms with E-state index in [2.05, 4.69) is 14.5 Å². The van der Waals surface area contributed by atoms with Gasteiger partial charge in [-0.3, -0.25) is 14.4 Å². The molecule has 0 atom stereocenters. The Labute approximate surface area is 161 Å². The zero-order valence-electron chi connectivity index (χ0n) is 15.1. The van der Waals surface area contributed by atoms with Gasteiger partial charge in [-0.2, -0.15) is 0 Å². The monoisotopic (exact) mass is 389 g/mol. The lowest BCUT2D eigenvalue weighted by atomic mass is 9.60. The van der Waals surface area contributed by atoms with Crippen LogP contribution in [-0.2, 0) is 29.3 Å². The fraction of sp³-hybridized carbons (Fsp3) is 0.350. The van der Waals surface area contributed by atoms with Gasteiger partial charge in [0.2, 0.25) is 5.92 Å². The van der Waals surface area contributed by atoms with Crippen LogP contribution in [0, 0.1) is 5.92 Å². The smallest absolute Gasteiger partial charge is 0.327 e. The Kier molecular flexibility index (Phi) is 5.37. The maximum Gasteiger partial charge on any atom is 0.327 e. The van der Waals surface area contributed by atoms with E-state index in [4.69, 9.17) is 11.6 Å². The average Bonchev–Trinajstić information content (AvgIpc) is 3.11. The van der Waals surface area contributed by atoms with Gasteiger partial charge in [-0.15, -0.1) is 0 Å². The minimum atomic E-state index is -1.60. The number of esters is 2. The number of H-pyrrole nitrogens is 1. The maximum atomic E-state index is 13.3. The molecule has 0 aliphatic heterocycles. The summed E-state index contributed by atoms with van der Waals surface area (Å²) in [7, 11) is 2.29. The molecule has 0 radical (unpaired) electrons. The third kappa shape index (κ3) is 3.25. The summed E-state index contributed by atoms with van der Waals surface area (Å²) in [5.74, 6) is -3.90. The van der Waals surface area contributed by atoms with Crippen molar-refractivity contribution in [3.8, 4) is 11.1 Å². The van der Waals surface area contributed by atoms with Gasteiger partial charge in [-0.25, -0.2) is 0 Å². The Morgan fingerprint density at radius 1 is 1.04 bits per heavy atom. The van der Waals surface area contributed by atoms with Gasteiger partial charge in [0, 0.05) is 22.5 Å². The van der Waals surface area contributed by atoms with Crippen LogP contribution in [-0.4, -0.2) is 36.9 Å². The molecule has 0 unspecified atom stereocenters. The number of carbonyl (C=O) groups is 3. The topological polar surface area (TPSA) is 85.5 Å². The van der Waals surface area contributed by atoms with E-state index in [0.717, 1.165) is 31.8 Å². The summed E-state index contributed by atoms with van der Waals surface area (Å²) < 4.78 is 9.36. The zero-order valence-corrected chi connectivity index (χ0v) is 15.8. The molecule has 1 aliphatic rings. The molecule has 1 aromatic carbocycles. The normalized spacial score (nSPS) is 15.1. The lowest BCUT2D eigenvalue weighted by molar-refractivity contribution is -0.163. The molecule has 1 N–H and O–H groups in total. The number of benzene rings is 1. The minimum Gasteiger partial charge on any atom is -0.468 e. The number of ketones is 1. The van der Waals surface area contributed by atoms with E-state index in [-0.39, 0.29) is 0 Å². The first-order valence-electron chi connectivity index (χ1n) is 8.58. The molecule has 27 heavy (non-hydrogen) atoms. The van der Waals surface area contributed by atoms with E-state index in [1.165, 1.54) is 0 Å². The van der Waals surface area contributed by atoms with Gasteiger partial charge < -0.3 is 14.5 Å². The Hall–Kier alpha value is -2.60. The summed E-state index contributed by atoms with van der Waals surface area (Å²) in [4.78, 5) is 40.8. The highest BCUT2D eigenvalue weighted by Gasteiger charge is 2.54. The molecular weight excluding hydrogens is 370 g/mol. The van der Waals surface area contributed by atoms with Crippen molar-refractivity contribution in [2.75, 3.05) is 14.2 Å². The van der Waals surface area contributed by atoms with E-state index < -0.39 is 29.1 Å². The number of rotatable bonds is 6. The van der Waals surface area contributed by atoms with Crippen LogP contribution in [0.3, 0.4) is 0 Å². The predicted octanol–water partition coefficient (Wildman–Crippen LogP) is 3.29. The summed E-state index contributed by atoms with van der Waals surface area (Å²) in [6.07, 6.45) is 3.65. The lowest BCUT2D eigenvalue weighted by Gasteiger charge is -2.41. The average molecular weight is 390 g/mol. The number of methoxy groups -OCH3 is 2. The highest BCUT2D eigenvalue weighted by atomic mass is 35.5. The second-order valence-corrected chi connectivity index (χ2v) is 6.99. The zero-order chi connectivity index (χ0) is 19.6. The number of carbonyl (C=O) groups excluding carboxylic acids is 3. The second-order valence-electron chi connectivity index (χ2n) is 6.55. The van der Waals surface area contributed by atoms with Crippen molar-refractivity contribution in [2.24, 2.45) is 5.92 Å². The van der Waals surface area contributed by atoms with Gasteiger partial charge >= 0.3 is 11.9 Å². The van der Waals surface area contributed by atoms with Crippen molar-refractivity contribution in [1.29, 1.82) is 0 Å². The molecule has 1 aromatic heterocycles. The van der Waals surface area contributed by atoms with E-state index in [9.17, 15) is 14.4 Å². The Balaban J connectivity index is 2.05. The van der Waals surface area contributed by atoms with Gasteiger partial charge in [-0.05, 0) is 36.6 Å². The fourth-order valence-electron chi connectivity index (χ4n) is 3.61. The van der Waals surface area contributed by atoms with Crippen LogP contribution in [0.25, 0.3) is 11.1 Å². The Morgan fingerprint density at radius 2 is 1.63 bits per heavy atom. The quantitative estimate of drug-likeness (QED) is 0.605. The van der Waals surface area contributed by atoms with Crippen LogP contribution in [0.15, 0.2) is 36.5 Å². The first-order valence-corrected chi connectivity index (χ1v) is 8.96. The van der Waals surface area contributed by atoms with Crippen molar-refractivity contribution in [3.63, 3.8) is 0 Å². The first kappa shape index (κ1) is 19.2. The molecule has 142 valence electrons. The molecular formula is C20H20ClNO5. The summed E-state index contributed by atoms with van der Waals surface area (Å²) in [5, 5.41) is 0.613. The summed E-state index contributed by atoms with van der Waals surface area (Å²) in [5.41, 5.74) is 1.47. The highest BCUT2D eigenvalue weighted by molar-refractivity contribution is 6.30. The van der Waals surface area contributed by atoms with Gasteiger partial charge in [0.1, 0.15) is 0 Å². The second kappa shape index (κ2) is 7.56. The van der Waals surface area contributed by atoms with Crippen LogP contribution in [0.4, 0.5) is 0 Å². The van der Waals surface area contributed by atoms with Gasteiger partial charge in [0.25, 0.3) is 0 Å². The molecule has 3 rings (SSSR count). The Bertz CT molecular complexity index is 851. The van der Waals surface area contributed by atoms with Gasteiger partial charge in [-0.1, -0.05) is 30.2 Å². The largest absolute Gasteiger partial charge is 0.468 e. The number of nitrogens with one attached hydrogen (secondary N) is 1. The number of hydrogen-bond acceptors (Lipinski definition) is 5. The maximum absolute atomic E-state index is 13.3. The minimum absolute atomic E-state index is 0.495. The summed E-state index contributed by atoms with van der Waals surface area (Å²) >= 11 is 5.97. The van der Waals surface area contributed by atoms with E-state index >= 15 is 0 Å².